The van der Waals surface area contributed by atoms with Crippen molar-refractivity contribution < 1.29 is 21.6 Å². The molecule has 0 saturated heterocycles. The first-order valence-electron chi connectivity index (χ1n) is 5.89. The molecule has 0 fully saturated rings. The van der Waals surface area contributed by atoms with Gasteiger partial charge in [-0.1, -0.05) is 18.2 Å². The summed E-state index contributed by atoms with van der Waals surface area (Å²) in [5, 5.41) is 0. The lowest BCUT2D eigenvalue weighted by Crippen LogP contribution is -2.41. The molecule has 1 aromatic rings. The molecule has 4 nitrogen and oxygen atoms in total. The Morgan fingerprint density at radius 1 is 1.25 bits per heavy atom. The highest BCUT2D eigenvalue weighted by molar-refractivity contribution is 7.87. The molecule has 0 spiro atoms. The average Bonchev–Trinajstić information content (AvgIpc) is 2.26. The Bertz CT molecular complexity index is 556. The van der Waals surface area contributed by atoms with E-state index in [-0.39, 0.29) is 12.0 Å². The molecule has 0 aliphatic carbocycles. The van der Waals surface area contributed by atoms with Crippen LogP contribution in [0, 0.1) is 0 Å². The Morgan fingerprint density at radius 3 is 2.30 bits per heavy atom. The highest BCUT2D eigenvalue weighted by Gasteiger charge is 2.33. The van der Waals surface area contributed by atoms with Gasteiger partial charge in [-0.05, 0) is 25.0 Å². The molecule has 114 valence electrons. The van der Waals surface area contributed by atoms with Crippen molar-refractivity contribution in [3.05, 3.63) is 35.4 Å². The SMILES string of the molecule is C[C@H](Cc1ccccc1C(F)(F)F)NS(=O)(=O)N(C)C. The van der Waals surface area contributed by atoms with Crippen LogP contribution < -0.4 is 4.72 Å². The summed E-state index contributed by atoms with van der Waals surface area (Å²) in [6.07, 6.45) is -4.49. The van der Waals surface area contributed by atoms with E-state index in [1.54, 1.807) is 0 Å². The summed E-state index contributed by atoms with van der Waals surface area (Å²) in [5.41, 5.74) is -0.676. The van der Waals surface area contributed by atoms with Gasteiger partial charge in [-0.3, -0.25) is 0 Å². The molecule has 0 aromatic heterocycles. The van der Waals surface area contributed by atoms with Gasteiger partial charge in [0, 0.05) is 20.1 Å². The van der Waals surface area contributed by atoms with E-state index in [9.17, 15) is 21.6 Å². The van der Waals surface area contributed by atoms with Crippen LogP contribution in [-0.2, 0) is 22.8 Å². The molecule has 0 amide bonds. The zero-order valence-corrected chi connectivity index (χ0v) is 12.2. The van der Waals surface area contributed by atoms with E-state index in [1.165, 1.54) is 39.2 Å². The quantitative estimate of drug-likeness (QED) is 0.905. The minimum absolute atomic E-state index is 0.0389. The summed E-state index contributed by atoms with van der Waals surface area (Å²) in [6.45, 7) is 1.52. The summed E-state index contributed by atoms with van der Waals surface area (Å²) < 4.78 is 64.9. The monoisotopic (exact) mass is 310 g/mol. The maximum atomic E-state index is 12.8. The number of hydrogen-bond acceptors (Lipinski definition) is 2. The van der Waals surface area contributed by atoms with Crippen LogP contribution >= 0.6 is 0 Å². The fraction of sp³-hybridized carbons (Fsp3) is 0.500. The predicted molar refractivity (Wildman–Crippen MR) is 70.4 cm³/mol. The summed E-state index contributed by atoms with van der Waals surface area (Å²) in [6, 6.07) is 4.50. The van der Waals surface area contributed by atoms with Crippen LogP contribution in [0.25, 0.3) is 0 Å². The molecule has 0 aliphatic rings. The fourth-order valence-corrected chi connectivity index (χ4v) is 2.51. The summed E-state index contributed by atoms with van der Waals surface area (Å²) in [7, 11) is -0.972. The Morgan fingerprint density at radius 2 is 1.80 bits per heavy atom. The van der Waals surface area contributed by atoms with Crippen molar-refractivity contribution in [3.63, 3.8) is 0 Å². The first-order chi connectivity index (χ1) is 9.04. The van der Waals surface area contributed by atoms with Gasteiger partial charge in [0.25, 0.3) is 10.2 Å². The van der Waals surface area contributed by atoms with Gasteiger partial charge in [-0.15, -0.1) is 0 Å². The maximum Gasteiger partial charge on any atom is 0.416 e. The van der Waals surface area contributed by atoms with Crippen molar-refractivity contribution in [1.82, 2.24) is 9.03 Å². The average molecular weight is 310 g/mol. The van der Waals surface area contributed by atoms with E-state index in [1.807, 2.05) is 0 Å². The van der Waals surface area contributed by atoms with Crippen LogP contribution in [-0.4, -0.2) is 32.9 Å². The second-order valence-electron chi connectivity index (χ2n) is 4.67. The third-order valence-electron chi connectivity index (χ3n) is 2.68. The van der Waals surface area contributed by atoms with Crippen LogP contribution in [0.3, 0.4) is 0 Å². The molecule has 0 radical (unpaired) electrons. The smallest absolute Gasteiger partial charge is 0.199 e. The van der Waals surface area contributed by atoms with Crippen LogP contribution in [0.1, 0.15) is 18.1 Å². The highest BCUT2D eigenvalue weighted by Crippen LogP contribution is 2.32. The van der Waals surface area contributed by atoms with Gasteiger partial charge in [0.1, 0.15) is 0 Å². The second kappa shape index (κ2) is 6.11. The van der Waals surface area contributed by atoms with Gasteiger partial charge in [-0.2, -0.15) is 30.6 Å². The lowest BCUT2D eigenvalue weighted by atomic mass is 10.0. The normalized spacial score (nSPS) is 14.6. The van der Waals surface area contributed by atoms with Crippen LogP contribution in [0.15, 0.2) is 24.3 Å². The van der Waals surface area contributed by atoms with E-state index < -0.39 is 28.0 Å². The van der Waals surface area contributed by atoms with Crippen molar-refractivity contribution >= 4 is 10.2 Å². The van der Waals surface area contributed by atoms with Gasteiger partial charge < -0.3 is 0 Å². The molecule has 0 bridgehead atoms. The van der Waals surface area contributed by atoms with Gasteiger partial charge >= 0.3 is 6.18 Å². The molecule has 0 unspecified atom stereocenters. The van der Waals surface area contributed by atoms with Crippen molar-refractivity contribution in [2.75, 3.05) is 14.1 Å². The largest absolute Gasteiger partial charge is 0.416 e. The Labute approximate surface area is 116 Å². The summed E-state index contributed by atoms with van der Waals surface area (Å²) >= 11 is 0. The zero-order valence-electron chi connectivity index (χ0n) is 11.4. The second-order valence-corrected chi connectivity index (χ2v) is 6.58. The number of nitrogens with one attached hydrogen (secondary N) is 1. The number of alkyl halides is 3. The molecule has 0 saturated carbocycles. The first kappa shape index (κ1) is 16.9. The minimum Gasteiger partial charge on any atom is -0.199 e. The molecular weight excluding hydrogens is 293 g/mol. The number of nitrogens with zero attached hydrogens (tertiary/aromatic N) is 1. The van der Waals surface area contributed by atoms with Crippen LogP contribution in [0.4, 0.5) is 13.2 Å². The van der Waals surface area contributed by atoms with Gasteiger partial charge in [-0.25, -0.2) is 0 Å². The highest BCUT2D eigenvalue weighted by atomic mass is 32.2. The molecule has 0 aliphatic heterocycles. The summed E-state index contributed by atoms with van der Waals surface area (Å²) in [4.78, 5) is 0. The van der Waals surface area contributed by atoms with Gasteiger partial charge in [0.2, 0.25) is 0 Å². The van der Waals surface area contributed by atoms with E-state index in [2.05, 4.69) is 4.72 Å². The third kappa shape index (κ3) is 4.46. The molecule has 1 atom stereocenters. The van der Waals surface area contributed by atoms with E-state index >= 15 is 0 Å². The molecule has 1 aromatic carbocycles. The molecule has 1 N–H and O–H groups in total. The van der Waals surface area contributed by atoms with Crippen molar-refractivity contribution in [3.8, 4) is 0 Å². The topological polar surface area (TPSA) is 49.4 Å². The number of benzene rings is 1. The fourth-order valence-electron chi connectivity index (χ4n) is 1.71. The maximum absolute atomic E-state index is 12.8. The van der Waals surface area contributed by atoms with Crippen molar-refractivity contribution in [1.29, 1.82) is 0 Å². The Hall–Kier alpha value is -1.12. The van der Waals surface area contributed by atoms with Crippen molar-refractivity contribution in [2.45, 2.75) is 25.6 Å². The predicted octanol–water partition coefficient (Wildman–Crippen LogP) is 2.03. The van der Waals surface area contributed by atoms with Gasteiger partial charge in [0.15, 0.2) is 0 Å². The number of hydrogen-bond donors (Lipinski definition) is 1. The third-order valence-corrected chi connectivity index (χ3v) is 4.34. The number of rotatable bonds is 5. The lowest BCUT2D eigenvalue weighted by Gasteiger charge is -2.19. The van der Waals surface area contributed by atoms with E-state index in [4.69, 9.17) is 0 Å². The molecular formula is C12H17F3N2O2S. The van der Waals surface area contributed by atoms with Crippen molar-refractivity contribution in [2.24, 2.45) is 0 Å². The molecule has 20 heavy (non-hydrogen) atoms. The minimum atomic E-state index is -4.45. The van der Waals surface area contributed by atoms with E-state index in [0.29, 0.717) is 0 Å². The first-order valence-corrected chi connectivity index (χ1v) is 7.33. The van der Waals surface area contributed by atoms with E-state index in [0.717, 1.165) is 10.4 Å². The zero-order chi connectivity index (χ0) is 15.6. The Balaban J connectivity index is 2.90. The lowest BCUT2D eigenvalue weighted by molar-refractivity contribution is -0.138. The van der Waals surface area contributed by atoms with Gasteiger partial charge in [0.05, 0.1) is 5.56 Å². The standard InChI is InChI=1S/C12H17F3N2O2S/c1-9(16-20(18,19)17(2)3)8-10-6-4-5-7-11(10)12(13,14)15/h4-7,9,16H,8H2,1-3H3/t9-/m1/s1. The summed E-state index contributed by atoms with van der Waals surface area (Å²) in [5.74, 6) is 0. The molecule has 8 heteroatoms. The molecule has 0 heterocycles. The Kier molecular flexibility index (Phi) is 5.17. The van der Waals surface area contributed by atoms with Crippen LogP contribution in [0.2, 0.25) is 0 Å². The van der Waals surface area contributed by atoms with Crippen LogP contribution in [0.5, 0.6) is 0 Å². The number of halogens is 3. The molecule has 1 rings (SSSR count).